The number of aliphatic hydroxyl groups is 1. The first-order valence-corrected chi connectivity index (χ1v) is 6.21. The molecule has 4 N–H and O–H groups in total. The minimum Gasteiger partial charge on any atom is -0.409 e. The highest BCUT2D eigenvalue weighted by molar-refractivity contribution is 5.97. The molecule has 0 fully saturated rings. The molecule has 0 amide bonds. The first-order chi connectivity index (χ1) is 9.63. The number of rotatable bonds is 8. The van der Waals surface area contributed by atoms with Gasteiger partial charge in [-0.1, -0.05) is 17.3 Å². The Morgan fingerprint density at radius 2 is 2.20 bits per heavy atom. The van der Waals surface area contributed by atoms with Crippen LogP contribution in [0.4, 0.5) is 4.39 Å². The number of methoxy groups -OCH3 is 1. The van der Waals surface area contributed by atoms with Gasteiger partial charge in [0.1, 0.15) is 5.82 Å². The first-order valence-electron chi connectivity index (χ1n) is 6.21. The van der Waals surface area contributed by atoms with Crippen molar-refractivity contribution in [1.29, 1.82) is 0 Å². The summed E-state index contributed by atoms with van der Waals surface area (Å²) in [6.45, 7) is 1.76. The molecule has 0 saturated carbocycles. The van der Waals surface area contributed by atoms with Crippen LogP contribution in [0.3, 0.4) is 0 Å². The molecule has 0 heterocycles. The minimum atomic E-state index is -0.525. The Morgan fingerprint density at radius 1 is 1.45 bits per heavy atom. The zero-order chi connectivity index (χ0) is 15.0. The van der Waals surface area contributed by atoms with E-state index in [-0.39, 0.29) is 18.0 Å². The number of benzene rings is 1. The average molecular weight is 285 g/mol. The van der Waals surface area contributed by atoms with Crippen molar-refractivity contribution in [2.75, 3.05) is 33.4 Å². The molecule has 1 aromatic carbocycles. The number of ether oxygens (including phenoxy) is 1. The van der Waals surface area contributed by atoms with Crippen molar-refractivity contribution in [2.45, 2.75) is 6.54 Å². The van der Waals surface area contributed by atoms with Gasteiger partial charge in [0.15, 0.2) is 5.84 Å². The Morgan fingerprint density at radius 3 is 2.80 bits per heavy atom. The van der Waals surface area contributed by atoms with E-state index in [0.717, 1.165) is 0 Å². The van der Waals surface area contributed by atoms with E-state index in [1.165, 1.54) is 6.07 Å². The van der Waals surface area contributed by atoms with Crippen LogP contribution in [0.2, 0.25) is 0 Å². The first kappa shape index (κ1) is 16.4. The fraction of sp³-hybridized carbons (Fsp3) is 0.462. The quantitative estimate of drug-likeness (QED) is 0.278. The van der Waals surface area contributed by atoms with Crippen LogP contribution in [0.25, 0.3) is 0 Å². The van der Waals surface area contributed by atoms with Crippen LogP contribution in [0.1, 0.15) is 11.1 Å². The number of nitrogens with zero attached hydrogens (tertiary/aromatic N) is 2. The summed E-state index contributed by atoms with van der Waals surface area (Å²) in [7, 11) is 1.58. The van der Waals surface area contributed by atoms with E-state index in [2.05, 4.69) is 5.16 Å². The Bertz CT molecular complexity index is 454. The fourth-order valence-corrected chi connectivity index (χ4v) is 1.83. The second-order valence-electron chi connectivity index (χ2n) is 4.26. The Balaban J connectivity index is 2.89. The number of amidine groups is 1. The average Bonchev–Trinajstić information content (AvgIpc) is 2.46. The van der Waals surface area contributed by atoms with Gasteiger partial charge in [0.2, 0.25) is 0 Å². The molecule has 0 aliphatic heterocycles. The lowest BCUT2D eigenvalue weighted by Crippen LogP contribution is -2.30. The van der Waals surface area contributed by atoms with Crippen LogP contribution >= 0.6 is 0 Å². The summed E-state index contributed by atoms with van der Waals surface area (Å²) < 4.78 is 19.2. The maximum absolute atomic E-state index is 14.2. The number of oxime groups is 1. The summed E-state index contributed by atoms with van der Waals surface area (Å²) in [6, 6.07) is 4.71. The minimum absolute atomic E-state index is 0.0226. The van der Waals surface area contributed by atoms with E-state index in [0.29, 0.717) is 31.8 Å². The molecule has 1 rings (SSSR count). The van der Waals surface area contributed by atoms with Crippen molar-refractivity contribution in [3.8, 4) is 0 Å². The van der Waals surface area contributed by atoms with Gasteiger partial charge in [0, 0.05) is 32.3 Å². The summed E-state index contributed by atoms with van der Waals surface area (Å²) in [5, 5.41) is 20.4. The van der Waals surface area contributed by atoms with E-state index in [4.69, 9.17) is 20.8 Å². The van der Waals surface area contributed by atoms with Crippen molar-refractivity contribution >= 4 is 5.84 Å². The molecule has 0 atom stereocenters. The smallest absolute Gasteiger partial charge is 0.173 e. The van der Waals surface area contributed by atoms with E-state index in [9.17, 15) is 4.39 Å². The monoisotopic (exact) mass is 285 g/mol. The maximum atomic E-state index is 14.2. The second-order valence-corrected chi connectivity index (χ2v) is 4.26. The van der Waals surface area contributed by atoms with Gasteiger partial charge >= 0.3 is 0 Å². The zero-order valence-electron chi connectivity index (χ0n) is 11.4. The lowest BCUT2D eigenvalue weighted by molar-refractivity contribution is 0.126. The molecule has 6 nitrogen and oxygen atoms in total. The number of hydrogen-bond acceptors (Lipinski definition) is 5. The summed E-state index contributed by atoms with van der Waals surface area (Å²) in [5.74, 6) is -0.793. The highest BCUT2D eigenvalue weighted by Gasteiger charge is 2.14. The zero-order valence-corrected chi connectivity index (χ0v) is 11.4. The normalized spacial score (nSPS) is 12.1. The molecular weight excluding hydrogens is 265 g/mol. The van der Waals surface area contributed by atoms with Gasteiger partial charge in [-0.05, 0) is 6.07 Å². The fourth-order valence-electron chi connectivity index (χ4n) is 1.83. The molecule has 20 heavy (non-hydrogen) atoms. The number of hydrogen-bond donors (Lipinski definition) is 3. The Hall–Kier alpha value is -1.70. The highest BCUT2D eigenvalue weighted by atomic mass is 19.1. The number of halogens is 1. The molecule has 7 heteroatoms. The molecule has 1 aromatic rings. The molecule has 0 radical (unpaired) electrons. The SMILES string of the molecule is COCCN(CCO)Cc1cccc(/C(N)=N/O)c1F. The van der Waals surface area contributed by atoms with Gasteiger partial charge in [0.05, 0.1) is 18.8 Å². The van der Waals surface area contributed by atoms with Gasteiger partial charge in [-0.25, -0.2) is 4.39 Å². The maximum Gasteiger partial charge on any atom is 0.173 e. The lowest BCUT2D eigenvalue weighted by atomic mass is 10.1. The Kier molecular flexibility index (Phi) is 6.92. The van der Waals surface area contributed by atoms with Gasteiger partial charge in [0.25, 0.3) is 0 Å². The molecule has 0 unspecified atom stereocenters. The van der Waals surface area contributed by atoms with Gasteiger partial charge in [-0.3, -0.25) is 4.90 Å². The van der Waals surface area contributed by atoms with E-state index in [1.54, 1.807) is 19.2 Å². The van der Waals surface area contributed by atoms with Crippen molar-refractivity contribution in [2.24, 2.45) is 10.9 Å². The third kappa shape index (κ3) is 4.44. The lowest BCUT2D eigenvalue weighted by Gasteiger charge is -2.21. The Labute approximate surface area is 117 Å². The predicted molar refractivity (Wildman–Crippen MR) is 73.1 cm³/mol. The molecule has 0 aromatic heterocycles. The molecular formula is C13H20FN3O3. The molecule has 0 aliphatic rings. The van der Waals surface area contributed by atoms with E-state index >= 15 is 0 Å². The van der Waals surface area contributed by atoms with Gasteiger partial charge < -0.3 is 20.8 Å². The third-order valence-electron chi connectivity index (χ3n) is 2.88. The highest BCUT2D eigenvalue weighted by Crippen LogP contribution is 2.15. The topological polar surface area (TPSA) is 91.3 Å². The third-order valence-corrected chi connectivity index (χ3v) is 2.88. The predicted octanol–water partition coefficient (Wildman–Crippen LogP) is 0.361. The van der Waals surface area contributed by atoms with E-state index in [1.807, 2.05) is 4.90 Å². The van der Waals surface area contributed by atoms with Crippen LogP contribution < -0.4 is 5.73 Å². The molecule has 112 valence electrons. The largest absolute Gasteiger partial charge is 0.409 e. The molecule has 0 bridgehead atoms. The van der Waals surface area contributed by atoms with Gasteiger partial charge in [-0.2, -0.15) is 0 Å². The van der Waals surface area contributed by atoms with Crippen LogP contribution in [-0.2, 0) is 11.3 Å². The standard InChI is InChI=1S/C13H20FN3O3/c1-20-8-6-17(5-7-18)9-10-3-2-4-11(12(10)14)13(15)16-19/h2-4,18-19H,5-9H2,1H3,(H2,15,16). The van der Waals surface area contributed by atoms with Crippen LogP contribution in [-0.4, -0.2) is 54.5 Å². The molecule has 0 spiro atoms. The van der Waals surface area contributed by atoms with Crippen LogP contribution in [0.15, 0.2) is 23.4 Å². The van der Waals surface area contributed by atoms with Crippen molar-refractivity contribution in [1.82, 2.24) is 4.90 Å². The van der Waals surface area contributed by atoms with E-state index < -0.39 is 5.82 Å². The summed E-state index contributed by atoms with van der Waals surface area (Å²) in [4.78, 5) is 1.86. The molecule has 0 aliphatic carbocycles. The van der Waals surface area contributed by atoms with Crippen LogP contribution in [0, 0.1) is 5.82 Å². The number of nitrogens with two attached hydrogens (primary N) is 1. The molecule has 0 saturated heterocycles. The second kappa shape index (κ2) is 8.47. The summed E-state index contributed by atoms with van der Waals surface area (Å²) in [6.07, 6.45) is 0. The van der Waals surface area contributed by atoms with Crippen molar-refractivity contribution in [3.05, 3.63) is 35.1 Å². The van der Waals surface area contributed by atoms with Crippen LogP contribution in [0.5, 0.6) is 0 Å². The summed E-state index contributed by atoms with van der Waals surface area (Å²) >= 11 is 0. The van der Waals surface area contributed by atoms with Crippen molar-refractivity contribution in [3.63, 3.8) is 0 Å². The van der Waals surface area contributed by atoms with Crippen molar-refractivity contribution < 1.29 is 19.4 Å². The number of aliphatic hydroxyl groups excluding tert-OH is 1. The summed E-state index contributed by atoms with van der Waals surface area (Å²) in [5.41, 5.74) is 5.89. The van der Waals surface area contributed by atoms with Gasteiger partial charge in [-0.15, -0.1) is 0 Å².